The van der Waals surface area contributed by atoms with Gasteiger partial charge in [-0.3, -0.25) is 9.69 Å². The fourth-order valence-corrected chi connectivity index (χ4v) is 2.91. The van der Waals surface area contributed by atoms with Gasteiger partial charge in [-0.05, 0) is 0 Å². The Bertz CT molecular complexity index is 617. The van der Waals surface area contributed by atoms with Gasteiger partial charge in [0.2, 0.25) is 21.8 Å². The van der Waals surface area contributed by atoms with E-state index in [0.29, 0.717) is 5.89 Å². The van der Waals surface area contributed by atoms with E-state index < -0.39 is 10.0 Å². The molecule has 0 spiro atoms. The first-order valence-corrected chi connectivity index (χ1v) is 7.92. The normalized spacial score (nSPS) is 20.7. The Morgan fingerprint density at radius 3 is 2.55 bits per heavy atom. The lowest BCUT2D eigenvalue weighted by Crippen LogP contribution is -2.27. The van der Waals surface area contributed by atoms with Crippen LogP contribution in [0.15, 0.2) is 4.42 Å². The minimum Gasteiger partial charge on any atom is -0.407 e. The lowest BCUT2D eigenvalue weighted by molar-refractivity contribution is -0.117. The number of hydrogen-bond acceptors (Lipinski definition) is 6. The van der Waals surface area contributed by atoms with Crippen LogP contribution in [-0.4, -0.2) is 36.8 Å². The number of nitrogens with two attached hydrogens (primary N) is 1. The van der Waals surface area contributed by atoms with Crippen LogP contribution >= 0.6 is 0 Å². The molecule has 1 atom stereocenters. The van der Waals surface area contributed by atoms with Gasteiger partial charge >= 0.3 is 6.01 Å². The van der Waals surface area contributed by atoms with Crippen molar-refractivity contribution in [1.82, 2.24) is 10.2 Å². The molecule has 1 unspecified atom stereocenters. The van der Waals surface area contributed by atoms with Gasteiger partial charge in [-0.25, -0.2) is 13.6 Å². The van der Waals surface area contributed by atoms with Crippen LogP contribution in [0.3, 0.4) is 0 Å². The number of amides is 1. The summed E-state index contributed by atoms with van der Waals surface area (Å²) < 4.78 is 27.6. The molecule has 1 aromatic heterocycles. The van der Waals surface area contributed by atoms with Crippen molar-refractivity contribution in [3.63, 3.8) is 0 Å². The van der Waals surface area contributed by atoms with Gasteiger partial charge in [0.05, 0.1) is 5.75 Å². The van der Waals surface area contributed by atoms with Gasteiger partial charge in [0, 0.05) is 24.3 Å². The topological polar surface area (TPSA) is 119 Å². The van der Waals surface area contributed by atoms with Crippen LogP contribution in [0.1, 0.15) is 33.1 Å². The number of anilines is 1. The molecular formula is C11H18N4O4S. The molecule has 2 rings (SSSR count). The zero-order valence-corrected chi connectivity index (χ0v) is 12.5. The molecule has 0 aromatic carbocycles. The second-order valence-electron chi connectivity index (χ2n) is 6.04. The summed E-state index contributed by atoms with van der Waals surface area (Å²) in [4.78, 5) is 13.2. The number of aromatic nitrogens is 2. The Labute approximate surface area is 117 Å². The molecular weight excluding hydrogens is 284 g/mol. The molecule has 2 heterocycles. The fourth-order valence-electron chi connectivity index (χ4n) is 2.03. The van der Waals surface area contributed by atoms with E-state index in [2.05, 4.69) is 10.2 Å². The van der Waals surface area contributed by atoms with Gasteiger partial charge in [0.15, 0.2) is 0 Å². The third kappa shape index (κ3) is 3.34. The average Bonchev–Trinajstić information content (AvgIpc) is 2.81. The Kier molecular flexibility index (Phi) is 3.59. The maximum Gasteiger partial charge on any atom is 0.325 e. The number of carbonyl (C=O) groups is 1. The van der Waals surface area contributed by atoms with E-state index in [-0.39, 0.29) is 42.0 Å². The summed E-state index contributed by atoms with van der Waals surface area (Å²) in [6.45, 7) is 5.97. The smallest absolute Gasteiger partial charge is 0.325 e. The largest absolute Gasteiger partial charge is 0.407 e. The number of sulfonamides is 1. The first kappa shape index (κ1) is 14.9. The van der Waals surface area contributed by atoms with E-state index >= 15 is 0 Å². The van der Waals surface area contributed by atoms with Crippen molar-refractivity contribution < 1.29 is 17.6 Å². The number of hydrogen-bond donors (Lipinski definition) is 1. The van der Waals surface area contributed by atoms with Crippen molar-refractivity contribution in [3.05, 3.63) is 5.89 Å². The van der Waals surface area contributed by atoms with E-state index in [1.54, 1.807) is 0 Å². The molecule has 20 heavy (non-hydrogen) atoms. The highest BCUT2D eigenvalue weighted by Gasteiger charge is 2.36. The summed E-state index contributed by atoms with van der Waals surface area (Å²) >= 11 is 0. The van der Waals surface area contributed by atoms with Crippen molar-refractivity contribution in [3.8, 4) is 0 Å². The molecule has 9 heteroatoms. The Balaban J connectivity index is 2.14. The highest BCUT2D eigenvalue weighted by Crippen LogP contribution is 2.28. The van der Waals surface area contributed by atoms with Crippen LogP contribution in [-0.2, 0) is 20.2 Å². The minimum atomic E-state index is -3.60. The lowest BCUT2D eigenvalue weighted by Gasteiger charge is -2.13. The molecule has 1 saturated heterocycles. The van der Waals surface area contributed by atoms with Crippen LogP contribution in [0.5, 0.6) is 0 Å². The highest BCUT2D eigenvalue weighted by molar-refractivity contribution is 7.89. The van der Waals surface area contributed by atoms with Crippen LogP contribution in [0.4, 0.5) is 6.01 Å². The van der Waals surface area contributed by atoms with Gasteiger partial charge in [-0.15, -0.1) is 5.10 Å². The van der Waals surface area contributed by atoms with E-state index in [1.165, 1.54) is 4.90 Å². The molecule has 1 fully saturated rings. The van der Waals surface area contributed by atoms with Crippen LogP contribution in [0.2, 0.25) is 0 Å². The van der Waals surface area contributed by atoms with Crippen molar-refractivity contribution in [1.29, 1.82) is 0 Å². The fraction of sp³-hybridized carbons (Fsp3) is 0.727. The first-order chi connectivity index (χ1) is 9.06. The highest BCUT2D eigenvalue weighted by atomic mass is 32.2. The van der Waals surface area contributed by atoms with Gasteiger partial charge in [0.1, 0.15) is 0 Å². The Morgan fingerprint density at radius 2 is 2.05 bits per heavy atom. The molecule has 2 N–H and O–H groups in total. The summed E-state index contributed by atoms with van der Waals surface area (Å²) in [7, 11) is -3.60. The van der Waals surface area contributed by atoms with Crippen molar-refractivity contribution in [2.24, 2.45) is 11.1 Å². The molecule has 0 aliphatic carbocycles. The third-order valence-electron chi connectivity index (χ3n) is 2.96. The maximum absolute atomic E-state index is 11.9. The SMILES string of the molecule is CC(C)(C)c1nnc(N2CC(CS(N)(=O)=O)CC2=O)o1. The van der Waals surface area contributed by atoms with Crippen LogP contribution in [0.25, 0.3) is 0 Å². The molecule has 0 bridgehead atoms. The molecule has 1 aliphatic heterocycles. The standard InChI is InChI=1S/C11H18N4O4S/c1-11(2,3)9-13-14-10(19-9)15-5-7(4-8(15)16)6-20(12,17)18/h7H,4-6H2,1-3H3,(H2,12,17,18). The van der Waals surface area contributed by atoms with Gasteiger partial charge in [-0.2, -0.15) is 0 Å². The number of nitrogens with zero attached hydrogens (tertiary/aromatic N) is 3. The number of rotatable bonds is 3. The number of carbonyl (C=O) groups excluding carboxylic acids is 1. The quantitative estimate of drug-likeness (QED) is 0.839. The van der Waals surface area contributed by atoms with E-state index in [0.717, 1.165) is 0 Å². The van der Waals surface area contributed by atoms with Crippen molar-refractivity contribution in [2.45, 2.75) is 32.6 Å². The summed E-state index contributed by atoms with van der Waals surface area (Å²) in [5, 5.41) is 12.8. The zero-order valence-electron chi connectivity index (χ0n) is 11.7. The van der Waals surface area contributed by atoms with Crippen molar-refractivity contribution in [2.75, 3.05) is 17.2 Å². The minimum absolute atomic E-state index is 0.108. The Hall–Kier alpha value is -1.48. The number of primary sulfonamides is 1. The van der Waals surface area contributed by atoms with E-state index in [4.69, 9.17) is 9.56 Å². The molecule has 0 radical (unpaired) electrons. The average molecular weight is 302 g/mol. The second-order valence-corrected chi connectivity index (χ2v) is 7.70. The Morgan fingerprint density at radius 1 is 1.40 bits per heavy atom. The monoisotopic (exact) mass is 302 g/mol. The summed E-state index contributed by atoms with van der Waals surface area (Å²) in [5.74, 6) is -0.379. The van der Waals surface area contributed by atoms with Gasteiger partial charge < -0.3 is 4.42 Å². The maximum atomic E-state index is 11.9. The van der Waals surface area contributed by atoms with Gasteiger partial charge in [0.25, 0.3) is 0 Å². The molecule has 0 saturated carbocycles. The zero-order chi connectivity index (χ0) is 15.1. The summed E-state index contributed by atoms with van der Waals surface area (Å²) in [6, 6.07) is 0.108. The summed E-state index contributed by atoms with van der Waals surface area (Å²) in [5.41, 5.74) is -0.311. The van der Waals surface area contributed by atoms with Crippen LogP contribution in [0, 0.1) is 5.92 Å². The van der Waals surface area contributed by atoms with Crippen LogP contribution < -0.4 is 10.0 Å². The molecule has 1 amide bonds. The van der Waals surface area contributed by atoms with E-state index in [9.17, 15) is 13.2 Å². The van der Waals surface area contributed by atoms with E-state index in [1.807, 2.05) is 20.8 Å². The molecule has 1 aromatic rings. The molecule has 112 valence electrons. The third-order valence-corrected chi connectivity index (χ3v) is 3.90. The van der Waals surface area contributed by atoms with Gasteiger partial charge in [-0.1, -0.05) is 25.9 Å². The first-order valence-electron chi connectivity index (χ1n) is 6.21. The predicted molar refractivity (Wildman–Crippen MR) is 71.4 cm³/mol. The molecule has 1 aliphatic rings. The molecule has 8 nitrogen and oxygen atoms in total. The summed E-state index contributed by atoms with van der Waals surface area (Å²) in [6.07, 6.45) is 0.115. The second kappa shape index (κ2) is 4.81. The lowest BCUT2D eigenvalue weighted by atomic mass is 9.97. The predicted octanol–water partition coefficient (Wildman–Crippen LogP) is 0.00850. The van der Waals surface area contributed by atoms with Crippen molar-refractivity contribution >= 4 is 21.9 Å².